The van der Waals surface area contributed by atoms with Crippen LogP contribution >= 0.6 is 15.9 Å². The van der Waals surface area contributed by atoms with Crippen LogP contribution in [0.25, 0.3) is 5.78 Å². The molecule has 0 aliphatic heterocycles. The Labute approximate surface area is 85.0 Å². The number of nitrogens with zero attached hydrogens (tertiary/aromatic N) is 3. The number of imidazole rings is 1. The molecule has 0 aliphatic carbocycles. The van der Waals surface area contributed by atoms with Crippen molar-refractivity contribution in [2.24, 2.45) is 0 Å². The highest BCUT2D eigenvalue weighted by molar-refractivity contribution is 9.10. The van der Waals surface area contributed by atoms with Gasteiger partial charge in [-0.2, -0.15) is 0 Å². The summed E-state index contributed by atoms with van der Waals surface area (Å²) in [6.45, 7) is 4.05. The normalized spacial score (nSPS) is 11.0. The van der Waals surface area contributed by atoms with E-state index in [1.165, 1.54) is 0 Å². The summed E-state index contributed by atoms with van der Waals surface area (Å²) in [7, 11) is 0. The van der Waals surface area contributed by atoms with Crippen LogP contribution in [0.2, 0.25) is 0 Å². The highest BCUT2D eigenvalue weighted by Crippen LogP contribution is 2.14. The quantitative estimate of drug-likeness (QED) is 0.765. The van der Waals surface area contributed by atoms with Crippen LogP contribution in [0.5, 0.6) is 0 Å². The number of hydrogen-bond acceptors (Lipinski definition) is 2. The van der Waals surface area contributed by atoms with Gasteiger partial charge < -0.3 is 0 Å². The lowest BCUT2D eigenvalue weighted by Gasteiger charge is -1.96. The van der Waals surface area contributed by atoms with Crippen molar-refractivity contribution in [3.05, 3.63) is 28.3 Å². The van der Waals surface area contributed by atoms with E-state index in [4.69, 9.17) is 0 Å². The minimum atomic E-state index is 0.776. The van der Waals surface area contributed by atoms with Crippen molar-refractivity contribution in [3.63, 3.8) is 0 Å². The second-order valence-electron chi connectivity index (χ2n) is 2.97. The zero-order valence-electron chi connectivity index (χ0n) is 7.58. The van der Waals surface area contributed by atoms with Gasteiger partial charge in [-0.15, -0.1) is 0 Å². The third kappa shape index (κ3) is 1.46. The van der Waals surface area contributed by atoms with Gasteiger partial charge in [0.15, 0.2) is 0 Å². The van der Waals surface area contributed by atoms with Gasteiger partial charge in [-0.3, -0.25) is 4.40 Å². The third-order valence-corrected chi connectivity index (χ3v) is 2.77. The van der Waals surface area contributed by atoms with Gasteiger partial charge in [0, 0.05) is 12.4 Å². The molecule has 0 bridgehead atoms. The molecule has 2 rings (SSSR count). The van der Waals surface area contributed by atoms with Crippen molar-refractivity contribution in [1.29, 1.82) is 0 Å². The van der Waals surface area contributed by atoms with Crippen LogP contribution < -0.4 is 0 Å². The lowest BCUT2D eigenvalue weighted by molar-refractivity contribution is 1.05. The maximum absolute atomic E-state index is 4.36. The van der Waals surface area contributed by atoms with Crippen LogP contribution in [0.4, 0.5) is 0 Å². The Morgan fingerprint density at radius 3 is 2.85 bits per heavy atom. The molecular formula is C9H10BrN3. The summed E-state index contributed by atoms with van der Waals surface area (Å²) in [5.41, 5.74) is 2.05. The molecule has 0 radical (unpaired) electrons. The van der Waals surface area contributed by atoms with Crippen molar-refractivity contribution in [1.82, 2.24) is 14.4 Å². The van der Waals surface area contributed by atoms with Gasteiger partial charge in [-0.1, -0.05) is 6.92 Å². The van der Waals surface area contributed by atoms with Gasteiger partial charge in [0.2, 0.25) is 5.78 Å². The van der Waals surface area contributed by atoms with E-state index >= 15 is 0 Å². The van der Waals surface area contributed by atoms with E-state index < -0.39 is 0 Å². The summed E-state index contributed by atoms with van der Waals surface area (Å²) in [5, 5.41) is 0. The van der Waals surface area contributed by atoms with Crippen LogP contribution in [-0.4, -0.2) is 14.4 Å². The molecular weight excluding hydrogens is 230 g/mol. The van der Waals surface area contributed by atoms with Crippen molar-refractivity contribution >= 4 is 21.7 Å². The van der Waals surface area contributed by atoms with Crippen molar-refractivity contribution in [2.75, 3.05) is 0 Å². The maximum Gasteiger partial charge on any atom is 0.234 e. The van der Waals surface area contributed by atoms with Crippen LogP contribution in [0.3, 0.4) is 0 Å². The molecule has 0 atom stereocenters. The minimum absolute atomic E-state index is 0.776. The summed E-state index contributed by atoms with van der Waals surface area (Å²) in [4.78, 5) is 8.71. The van der Waals surface area contributed by atoms with E-state index in [2.05, 4.69) is 32.8 Å². The van der Waals surface area contributed by atoms with Gasteiger partial charge in [0.1, 0.15) is 0 Å². The largest absolute Gasteiger partial charge is 0.290 e. The molecule has 0 saturated carbocycles. The zero-order chi connectivity index (χ0) is 9.42. The maximum atomic E-state index is 4.36. The summed E-state index contributed by atoms with van der Waals surface area (Å²) < 4.78 is 2.95. The van der Waals surface area contributed by atoms with Gasteiger partial charge >= 0.3 is 0 Å². The monoisotopic (exact) mass is 239 g/mol. The molecule has 2 aromatic rings. The van der Waals surface area contributed by atoms with Crippen molar-refractivity contribution < 1.29 is 0 Å². The first-order chi connectivity index (χ1) is 6.20. The molecule has 0 saturated heterocycles. The second kappa shape index (κ2) is 3.10. The molecule has 3 nitrogen and oxygen atoms in total. The highest BCUT2D eigenvalue weighted by atomic mass is 79.9. The van der Waals surface area contributed by atoms with Crippen LogP contribution in [0.1, 0.15) is 18.3 Å². The number of aryl methyl sites for hydroxylation is 2. The molecule has 2 heterocycles. The number of rotatable bonds is 1. The van der Waals surface area contributed by atoms with Crippen molar-refractivity contribution in [2.45, 2.75) is 20.3 Å². The Balaban J connectivity index is 2.70. The molecule has 13 heavy (non-hydrogen) atoms. The van der Waals surface area contributed by atoms with Crippen LogP contribution in [0, 0.1) is 6.92 Å². The van der Waals surface area contributed by atoms with Crippen LogP contribution in [0.15, 0.2) is 16.9 Å². The highest BCUT2D eigenvalue weighted by Gasteiger charge is 2.03. The topological polar surface area (TPSA) is 30.2 Å². The molecule has 0 fully saturated rings. The zero-order valence-corrected chi connectivity index (χ0v) is 9.17. The van der Waals surface area contributed by atoms with E-state index in [1.807, 2.05) is 23.7 Å². The first-order valence-corrected chi connectivity index (χ1v) is 5.00. The van der Waals surface area contributed by atoms with Crippen molar-refractivity contribution in [3.8, 4) is 0 Å². The van der Waals surface area contributed by atoms with Crippen LogP contribution in [-0.2, 0) is 6.42 Å². The number of fused-ring (bicyclic) bond motifs is 1. The van der Waals surface area contributed by atoms with E-state index in [-0.39, 0.29) is 0 Å². The predicted molar refractivity (Wildman–Crippen MR) is 54.8 cm³/mol. The SMILES string of the molecule is CCc1cn2cc(Br)c(C)nc2n1. The number of halogens is 1. The Hall–Kier alpha value is -0.900. The molecule has 0 aliphatic rings. The number of aromatic nitrogens is 3. The molecule has 2 aromatic heterocycles. The molecule has 0 unspecified atom stereocenters. The molecule has 0 amide bonds. The van der Waals surface area contributed by atoms with Gasteiger partial charge in [0.25, 0.3) is 0 Å². The Kier molecular flexibility index (Phi) is 2.07. The third-order valence-electron chi connectivity index (χ3n) is 1.99. The summed E-state index contributed by atoms with van der Waals surface area (Å²) >= 11 is 3.44. The van der Waals surface area contributed by atoms with E-state index in [9.17, 15) is 0 Å². The average Bonchev–Trinajstić information content (AvgIpc) is 2.48. The molecule has 0 aromatic carbocycles. The predicted octanol–water partition coefficient (Wildman–Crippen LogP) is 2.36. The van der Waals surface area contributed by atoms with E-state index in [0.717, 1.165) is 28.1 Å². The minimum Gasteiger partial charge on any atom is -0.290 e. The van der Waals surface area contributed by atoms with Gasteiger partial charge in [-0.05, 0) is 29.3 Å². The summed E-state index contributed by atoms with van der Waals surface area (Å²) in [6.07, 6.45) is 4.94. The molecule has 4 heteroatoms. The Morgan fingerprint density at radius 1 is 1.38 bits per heavy atom. The smallest absolute Gasteiger partial charge is 0.234 e. The molecule has 68 valence electrons. The van der Waals surface area contributed by atoms with E-state index in [0.29, 0.717) is 0 Å². The summed E-state index contributed by atoms with van der Waals surface area (Å²) in [5.74, 6) is 0.776. The fraction of sp³-hybridized carbons (Fsp3) is 0.333. The lowest BCUT2D eigenvalue weighted by Crippen LogP contribution is -1.91. The fourth-order valence-electron chi connectivity index (χ4n) is 1.20. The standard InChI is InChI=1S/C9H10BrN3/c1-3-7-4-13-5-8(10)6(2)11-9(13)12-7/h4-5H,3H2,1-2H3. The Morgan fingerprint density at radius 2 is 2.15 bits per heavy atom. The van der Waals surface area contributed by atoms with E-state index in [1.54, 1.807) is 0 Å². The summed E-state index contributed by atoms with van der Waals surface area (Å²) in [6, 6.07) is 0. The molecule has 0 N–H and O–H groups in total. The number of hydrogen-bond donors (Lipinski definition) is 0. The first kappa shape index (κ1) is 8.69. The molecule has 0 spiro atoms. The fourth-order valence-corrected chi connectivity index (χ4v) is 1.51. The first-order valence-electron chi connectivity index (χ1n) is 4.21. The average molecular weight is 240 g/mol. The van der Waals surface area contributed by atoms with Gasteiger partial charge in [-0.25, -0.2) is 9.97 Å². The Bertz CT molecular complexity index is 408. The van der Waals surface area contributed by atoms with Gasteiger partial charge in [0.05, 0.1) is 15.9 Å². The lowest BCUT2D eigenvalue weighted by atomic mass is 10.4. The second-order valence-corrected chi connectivity index (χ2v) is 3.82.